The fourth-order valence-corrected chi connectivity index (χ4v) is 3.78. The van der Waals surface area contributed by atoms with Crippen molar-refractivity contribution in [2.24, 2.45) is 5.41 Å². The molecule has 0 bridgehead atoms. The van der Waals surface area contributed by atoms with Gasteiger partial charge < -0.3 is 5.32 Å². The molecule has 0 radical (unpaired) electrons. The van der Waals surface area contributed by atoms with Crippen LogP contribution in [0.15, 0.2) is 73.1 Å². The van der Waals surface area contributed by atoms with Crippen LogP contribution in [0.25, 0.3) is 11.1 Å². The number of pyridine rings is 1. The van der Waals surface area contributed by atoms with Gasteiger partial charge in [0.2, 0.25) is 5.91 Å². The largest absolute Gasteiger partial charge is 0.351 e. The summed E-state index contributed by atoms with van der Waals surface area (Å²) in [6.45, 7) is 0.414. The topological polar surface area (TPSA) is 65.8 Å². The molecule has 28 heavy (non-hydrogen) atoms. The summed E-state index contributed by atoms with van der Waals surface area (Å²) < 4.78 is 0. The van der Waals surface area contributed by atoms with E-state index in [1.807, 2.05) is 60.8 Å². The summed E-state index contributed by atoms with van der Waals surface area (Å²) in [7, 11) is 0. The van der Waals surface area contributed by atoms with Crippen molar-refractivity contribution in [3.05, 3.63) is 89.7 Å². The lowest BCUT2D eigenvalue weighted by atomic mass is 9.72. The Labute approximate surface area is 164 Å². The number of amides is 1. The van der Waals surface area contributed by atoms with E-state index in [1.165, 1.54) is 5.56 Å². The highest BCUT2D eigenvalue weighted by Gasteiger charge is 2.41. The number of fused-ring (bicyclic) bond motifs is 1. The molecule has 4 nitrogen and oxygen atoms in total. The van der Waals surface area contributed by atoms with Crippen LogP contribution in [0.1, 0.15) is 23.1 Å². The molecule has 0 spiro atoms. The summed E-state index contributed by atoms with van der Waals surface area (Å²) in [5, 5.41) is 12.8. The van der Waals surface area contributed by atoms with Gasteiger partial charge in [0.25, 0.3) is 0 Å². The quantitative estimate of drug-likeness (QED) is 0.756. The predicted octanol–water partition coefficient (Wildman–Crippen LogP) is 4.06. The first kappa shape index (κ1) is 17.9. The van der Waals surface area contributed by atoms with Crippen LogP contribution < -0.4 is 5.32 Å². The number of benzene rings is 2. The highest BCUT2D eigenvalue weighted by atomic mass is 16.2. The van der Waals surface area contributed by atoms with Crippen molar-refractivity contribution in [2.75, 3.05) is 0 Å². The van der Waals surface area contributed by atoms with Crippen molar-refractivity contribution in [1.82, 2.24) is 10.3 Å². The first-order valence-electron chi connectivity index (χ1n) is 9.46. The predicted molar refractivity (Wildman–Crippen MR) is 108 cm³/mol. The molecular formula is C24H21N3O. The lowest BCUT2D eigenvalue weighted by Gasteiger charge is -2.31. The molecule has 4 heteroatoms. The molecule has 1 aromatic heterocycles. The number of carbonyl (C=O) groups is 1. The monoisotopic (exact) mass is 367 g/mol. The summed E-state index contributed by atoms with van der Waals surface area (Å²) in [5.74, 6) is -0.180. The van der Waals surface area contributed by atoms with Gasteiger partial charge in [-0.2, -0.15) is 5.26 Å². The van der Waals surface area contributed by atoms with Gasteiger partial charge >= 0.3 is 0 Å². The summed E-state index contributed by atoms with van der Waals surface area (Å²) in [5.41, 5.74) is 4.51. The molecule has 0 fully saturated rings. The molecule has 4 rings (SSSR count). The summed E-state index contributed by atoms with van der Waals surface area (Å²) in [6, 6.07) is 22.3. The van der Waals surface area contributed by atoms with E-state index in [1.54, 1.807) is 6.20 Å². The minimum Gasteiger partial charge on any atom is -0.351 e. The number of nitrogens with one attached hydrogen (secondary N) is 1. The second-order valence-electron chi connectivity index (χ2n) is 7.26. The average molecular weight is 367 g/mol. The molecule has 1 atom stereocenters. The van der Waals surface area contributed by atoms with E-state index in [-0.39, 0.29) is 5.91 Å². The zero-order chi connectivity index (χ0) is 19.4. The van der Waals surface area contributed by atoms with E-state index in [0.29, 0.717) is 19.4 Å². The van der Waals surface area contributed by atoms with E-state index >= 15 is 0 Å². The van der Waals surface area contributed by atoms with Gasteiger partial charge in [0, 0.05) is 25.4 Å². The van der Waals surface area contributed by atoms with Gasteiger partial charge in [-0.3, -0.25) is 9.78 Å². The number of nitrogens with zero attached hydrogens (tertiary/aromatic N) is 2. The Morgan fingerprint density at radius 3 is 2.54 bits per heavy atom. The molecule has 1 unspecified atom stereocenters. The van der Waals surface area contributed by atoms with Crippen molar-refractivity contribution in [3.8, 4) is 17.2 Å². The molecule has 0 aliphatic heterocycles. The van der Waals surface area contributed by atoms with Gasteiger partial charge in [0.1, 0.15) is 5.41 Å². The lowest BCUT2D eigenvalue weighted by Crippen LogP contribution is -2.43. The fraction of sp³-hybridized carbons (Fsp3) is 0.208. The Morgan fingerprint density at radius 1 is 1.04 bits per heavy atom. The zero-order valence-electron chi connectivity index (χ0n) is 15.6. The van der Waals surface area contributed by atoms with Crippen molar-refractivity contribution in [2.45, 2.75) is 25.8 Å². The number of rotatable bonds is 4. The third-order valence-corrected chi connectivity index (χ3v) is 5.48. The van der Waals surface area contributed by atoms with Gasteiger partial charge in [0.05, 0.1) is 6.07 Å². The number of aryl methyl sites for hydroxylation is 1. The van der Waals surface area contributed by atoms with E-state index in [0.717, 1.165) is 28.7 Å². The first-order chi connectivity index (χ1) is 13.7. The summed E-state index contributed by atoms with van der Waals surface area (Å²) >= 11 is 0. The Bertz CT molecular complexity index is 1020. The molecular weight excluding hydrogens is 346 g/mol. The number of hydrogen-bond acceptors (Lipinski definition) is 3. The molecule has 3 aromatic rings. The van der Waals surface area contributed by atoms with Crippen molar-refractivity contribution < 1.29 is 4.79 Å². The van der Waals surface area contributed by atoms with Crippen LogP contribution in [0, 0.1) is 16.7 Å². The maximum Gasteiger partial charge on any atom is 0.241 e. The molecule has 1 heterocycles. The van der Waals surface area contributed by atoms with Crippen molar-refractivity contribution in [3.63, 3.8) is 0 Å². The van der Waals surface area contributed by atoms with Gasteiger partial charge in [-0.15, -0.1) is 0 Å². The van der Waals surface area contributed by atoms with Crippen LogP contribution in [0.5, 0.6) is 0 Å². The van der Waals surface area contributed by atoms with E-state index in [9.17, 15) is 10.1 Å². The fourth-order valence-electron chi connectivity index (χ4n) is 3.78. The average Bonchev–Trinajstić information content (AvgIpc) is 2.78. The zero-order valence-corrected chi connectivity index (χ0v) is 15.6. The second kappa shape index (κ2) is 7.66. The van der Waals surface area contributed by atoms with Gasteiger partial charge in [-0.25, -0.2) is 0 Å². The van der Waals surface area contributed by atoms with E-state index < -0.39 is 5.41 Å². The smallest absolute Gasteiger partial charge is 0.241 e. The Kier molecular flexibility index (Phi) is 4.90. The molecule has 1 aliphatic rings. The normalized spacial score (nSPS) is 18.0. The summed E-state index contributed by atoms with van der Waals surface area (Å²) in [6.07, 6.45) is 5.38. The number of hydrogen-bond donors (Lipinski definition) is 1. The third-order valence-electron chi connectivity index (χ3n) is 5.48. The molecule has 1 N–H and O–H groups in total. The second-order valence-corrected chi connectivity index (χ2v) is 7.26. The Hall–Kier alpha value is -3.45. The van der Waals surface area contributed by atoms with Crippen LogP contribution in [-0.4, -0.2) is 10.9 Å². The Morgan fingerprint density at radius 2 is 1.82 bits per heavy atom. The van der Waals surface area contributed by atoms with Crippen molar-refractivity contribution in [1.29, 1.82) is 5.26 Å². The molecule has 0 saturated carbocycles. The molecule has 1 aliphatic carbocycles. The maximum absolute atomic E-state index is 12.9. The molecule has 1 amide bonds. The number of carbonyl (C=O) groups excluding carboxylic acids is 1. The van der Waals surface area contributed by atoms with E-state index in [4.69, 9.17) is 0 Å². The van der Waals surface area contributed by atoms with Crippen LogP contribution in [0.3, 0.4) is 0 Å². The van der Waals surface area contributed by atoms with E-state index in [2.05, 4.69) is 22.4 Å². The third kappa shape index (κ3) is 3.52. The first-order valence-corrected chi connectivity index (χ1v) is 9.46. The molecule has 2 aromatic carbocycles. The van der Waals surface area contributed by atoms with Crippen LogP contribution in [0.4, 0.5) is 0 Å². The molecule has 138 valence electrons. The van der Waals surface area contributed by atoms with Gasteiger partial charge in [-0.05, 0) is 46.7 Å². The highest BCUT2D eigenvalue weighted by molar-refractivity contribution is 5.86. The highest BCUT2D eigenvalue weighted by Crippen LogP contribution is 2.35. The van der Waals surface area contributed by atoms with Gasteiger partial charge in [0.15, 0.2) is 0 Å². The van der Waals surface area contributed by atoms with Crippen molar-refractivity contribution >= 4 is 5.91 Å². The molecule has 0 saturated heterocycles. The van der Waals surface area contributed by atoms with Crippen LogP contribution in [0.2, 0.25) is 0 Å². The standard InChI is InChI=1S/C24H21N3O/c25-17-24(12-11-19-4-1-2-5-21(19)14-24)23(28)27-15-18-7-9-20(10-8-18)22-6-3-13-26-16-22/h1-10,13,16H,11-12,14-15H2,(H,27,28). The SMILES string of the molecule is N#CC1(C(=O)NCc2ccc(-c3cccnc3)cc2)CCc2ccccc2C1. The van der Waals surface area contributed by atoms with Crippen LogP contribution in [-0.2, 0) is 24.2 Å². The summed E-state index contributed by atoms with van der Waals surface area (Å²) in [4.78, 5) is 17.0. The van der Waals surface area contributed by atoms with Crippen LogP contribution >= 0.6 is 0 Å². The lowest BCUT2D eigenvalue weighted by molar-refractivity contribution is -0.128. The number of aromatic nitrogens is 1. The minimum atomic E-state index is -0.982. The number of nitriles is 1. The minimum absolute atomic E-state index is 0.180. The Balaban J connectivity index is 1.43. The maximum atomic E-state index is 12.9. The van der Waals surface area contributed by atoms with Gasteiger partial charge in [-0.1, -0.05) is 54.6 Å².